The van der Waals surface area contributed by atoms with E-state index in [4.69, 9.17) is 0 Å². The summed E-state index contributed by atoms with van der Waals surface area (Å²) < 4.78 is 4.50. The number of esters is 1. The number of ether oxygens (including phenoxy) is 1. The van der Waals surface area contributed by atoms with Gasteiger partial charge >= 0.3 is 5.97 Å². The van der Waals surface area contributed by atoms with Crippen LogP contribution in [0.25, 0.3) is 0 Å². The van der Waals surface area contributed by atoms with Crippen LogP contribution in [0.15, 0.2) is 18.1 Å². The number of rotatable bonds is 1. The molecule has 0 aliphatic carbocycles. The van der Waals surface area contributed by atoms with E-state index in [2.05, 4.69) is 17.0 Å². The molecule has 44 valence electrons. The van der Waals surface area contributed by atoms with Crippen LogP contribution in [0.3, 0.4) is 0 Å². The Morgan fingerprint density at radius 2 is 2.12 bits per heavy atom. The van der Waals surface area contributed by atoms with Crippen molar-refractivity contribution in [3.63, 3.8) is 0 Å². The van der Waals surface area contributed by atoms with Gasteiger partial charge in [0, 0.05) is 13.8 Å². The van der Waals surface area contributed by atoms with Crippen molar-refractivity contribution in [1.82, 2.24) is 0 Å². The predicted octanol–water partition coefficient (Wildman–Crippen LogP) is 1.24. The van der Waals surface area contributed by atoms with Gasteiger partial charge in [0.05, 0.1) is 0 Å². The van der Waals surface area contributed by atoms with Gasteiger partial charge in [-0.2, -0.15) is 0 Å². The molecule has 8 heavy (non-hydrogen) atoms. The fourth-order valence-corrected chi connectivity index (χ4v) is 0.252. The van der Waals surface area contributed by atoms with E-state index in [0.29, 0.717) is 5.76 Å². The van der Waals surface area contributed by atoms with Gasteiger partial charge < -0.3 is 4.74 Å². The molecule has 0 aliphatic rings. The van der Waals surface area contributed by atoms with Crippen molar-refractivity contribution in [3.8, 4) is 0 Å². The number of carbonyl (C=O) groups is 1. The fourth-order valence-electron chi connectivity index (χ4n) is 0.252. The van der Waals surface area contributed by atoms with Gasteiger partial charge in [-0.25, -0.2) is 0 Å². The molecule has 0 heterocycles. The summed E-state index contributed by atoms with van der Waals surface area (Å²) in [4.78, 5) is 10.1. The molecule has 0 bridgehead atoms. The summed E-state index contributed by atoms with van der Waals surface area (Å²) in [5, 5.41) is 0. The van der Waals surface area contributed by atoms with Crippen molar-refractivity contribution >= 4 is 5.97 Å². The molecule has 0 amide bonds. The van der Waals surface area contributed by atoms with E-state index < -0.39 is 0 Å². The zero-order valence-electron chi connectivity index (χ0n) is 5.02. The molecule has 0 spiro atoms. The topological polar surface area (TPSA) is 26.3 Å². The van der Waals surface area contributed by atoms with Crippen molar-refractivity contribution in [2.24, 2.45) is 0 Å². The summed E-state index contributed by atoms with van der Waals surface area (Å²) in [6.07, 6.45) is 0. The standard InChI is InChI=1S/C6H8O2/c1-4-5(2)8-6(3)7/h1H2,2-3H3. The second kappa shape index (κ2) is 3.05. The quantitative estimate of drug-likeness (QED) is 0.290. The van der Waals surface area contributed by atoms with Crippen molar-refractivity contribution in [1.29, 1.82) is 0 Å². The summed E-state index contributed by atoms with van der Waals surface area (Å²) in [7, 11) is 0. The molecule has 0 saturated heterocycles. The lowest BCUT2D eigenvalue weighted by molar-refractivity contribution is -0.136. The molecule has 0 fully saturated rings. The van der Waals surface area contributed by atoms with Crippen LogP contribution in [0.2, 0.25) is 0 Å². The first-order valence-corrected chi connectivity index (χ1v) is 2.22. The number of hydrogen-bond donors (Lipinski definition) is 0. The maximum absolute atomic E-state index is 10.1. The van der Waals surface area contributed by atoms with Crippen LogP contribution in [0.4, 0.5) is 0 Å². The lowest BCUT2D eigenvalue weighted by Crippen LogP contribution is -1.93. The zero-order valence-corrected chi connectivity index (χ0v) is 5.02. The summed E-state index contributed by atoms with van der Waals surface area (Å²) in [6, 6.07) is 0. The van der Waals surface area contributed by atoms with E-state index in [1.165, 1.54) is 6.92 Å². The Bertz CT molecular complexity index is 141. The van der Waals surface area contributed by atoms with Crippen molar-refractivity contribution in [2.45, 2.75) is 13.8 Å². The highest BCUT2D eigenvalue weighted by Crippen LogP contribution is 1.89. The van der Waals surface area contributed by atoms with E-state index in [0.717, 1.165) is 0 Å². The minimum atomic E-state index is -0.335. The highest BCUT2D eigenvalue weighted by Gasteiger charge is 1.89. The average molecular weight is 112 g/mol. The third-order valence-corrected chi connectivity index (χ3v) is 0.546. The molecule has 2 nitrogen and oxygen atoms in total. The minimum Gasteiger partial charge on any atom is -0.423 e. The molecule has 0 radical (unpaired) electrons. The van der Waals surface area contributed by atoms with E-state index in [1.807, 2.05) is 0 Å². The molecule has 0 aromatic heterocycles. The van der Waals surface area contributed by atoms with Crippen LogP contribution in [0.5, 0.6) is 0 Å². The van der Waals surface area contributed by atoms with Gasteiger partial charge in [0.1, 0.15) is 5.76 Å². The third-order valence-electron chi connectivity index (χ3n) is 0.546. The summed E-state index contributed by atoms with van der Waals surface area (Å²) >= 11 is 0. The van der Waals surface area contributed by atoms with Crippen molar-refractivity contribution in [3.05, 3.63) is 18.1 Å². The van der Waals surface area contributed by atoms with Gasteiger partial charge in [0.2, 0.25) is 0 Å². The van der Waals surface area contributed by atoms with Gasteiger partial charge in [-0.15, -0.1) is 0 Å². The first-order chi connectivity index (χ1) is 3.66. The monoisotopic (exact) mass is 112 g/mol. The summed E-state index contributed by atoms with van der Waals surface area (Å²) in [5.41, 5.74) is 2.42. The van der Waals surface area contributed by atoms with E-state index in [9.17, 15) is 4.79 Å². The molecule has 0 saturated carbocycles. The molecule has 0 N–H and O–H groups in total. The van der Waals surface area contributed by atoms with Gasteiger partial charge in [-0.3, -0.25) is 4.79 Å². The number of carbonyl (C=O) groups excluding carboxylic acids is 1. The smallest absolute Gasteiger partial charge is 0.308 e. The Kier molecular flexibility index (Phi) is 2.67. The van der Waals surface area contributed by atoms with Crippen molar-refractivity contribution < 1.29 is 9.53 Å². The third kappa shape index (κ3) is 3.19. The van der Waals surface area contributed by atoms with Crippen LogP contribution in [0.1, 0.15) is 13.8 Å². The first kappa shape index (κ1) is 6.99. The first-order valence-electron chi connectivity index (χ1n) is 2.22. The Morgan fingerprint density at radius 1 is 1.62 bits per heavy atom. The minimum absolute atomic E-state index is 0.335. The molecule has 0 aromatic rings. The Hall–Kier alpha value is -1.01. The fraction of sp³-hybridized carbons (Fsp3) is 0.333. The summed E-state index contributed by atoms with van der Waals surface area (Å²) in [6.45, 7) is 6.23. The maximum Gasteiger partial charge on any atom is 0.308 e. The molecule has 2 heteroatoms. The normalized spacial score (nSPS) is 7.25. The van der Waals surface area contributed by atoms with E-state index >= 15 is 0 Å². The predicted molar refractivity (Wildman–Crippen MR) is 30.1 cm³/mol. The van der Waals surface area contributed by atoms with Crippen LogP contribution < -0.4 is 0 Å². The van der Waals surface area contributed by atoms with Crippen LogP contribution in [-0.2, 0) is 9.53 Å². The van der Waals surface area contributed by atoms with Gasteiger partial charge in [0.25, 0.3) is 0 Å². The van der Waals surface area contributed by atoms with Gasteiger partial charge in [-0.05, 0) is 0 Å². The molecule has 0 atom stereocenters. The Balaban J connectivity index is 3.74. The molecular weight excluding hydrogens is 104 g/mol. The SMILES string of the molecule is C=C=C(C)OC(C)=O. The molecule has 0 rings (SSSR count). The lowest BCUT2D eigenvalue weighted by Gasteiger charge is -1.93. The molecular formula is C6H8O2. The largest absolute Gasteiger partial charge is 0.423 e. The van der Waals surface area contributed by atoms with Crippen LogP contribution >= 0.6 is 0 Å². The summed E-state index contributed by atoms with van der Waals surface area (Å²) in [5.74, 6) is 0.0798. The average Bonchev–Trinajstić information content (AvgIpc) is 1.65. The highest BCUT2D eigenvalue weighted by molar-refractivity contribution is 5.67. The number of hydrogen-bond acceptors (Lipinski definition) is 2. The van der Waals surface area contributed by atoms with Crippen molar-refractivity contribution in [2.75, 3.05) is 0 Å². The zero-order chi connectivity index (χ0) is 6.57. The Labute approximate surface area is 48.5 Å². The van der Waals surface area contributed by atoms with Gasteiger partial charge in [-0.1, -0.05) is 12.3 Å². The van der Waals surface area contributed by atoms with Crippen LogP contribution in [-0.4, -0.2) is 5.97 Å². The van der Waals surface area contributed by atoms with E-state index in [-0.39, 0.29) is 5.97 Å². The second-order valence-corrected chi connectivity index (χ2v) is 1.33. The molecule has 0 unspecified atom stereocenters. The second-order valence-electron chi connectivity index (χ2n) is 1.33. The maximum atomic E-state index is 10.1. The number of allylic oxidation sites excluding steroid dienone is 1. The van der Waals surface area contributed by atoms with Crippen LogP contribution in [0, 0.1) is 0 Å². The highest BCUT2D eigenvalue weighted by atomic mass is 16.5. The molecule has 0 aliphatic heterocycles. The van der Waals surface area contributed by atoms with E-state index in [1.54, 1.807) is 6.92 Å². The molecule has 0 aromatic carbocycles. The Morgan fingerprint density at radius 3 is 2.25 bits per heavy atom. The lowest BCUT2D eigenvalue weighted by atomic mass is 10.6. The van der Waals surface area contributed by atoms with Gasteiger partial charge in [0.15, 0.2) is 0 Å².